The molecular weight excluding hydrogens is 226 g/mol. The molecule has 1 rings (SSSR count). The molecule has 3 nitrogen and oxygen atoms in total. The largest absolute Gasteiger partial charge is 0.465 e. The molecule has 0 fully saturated rings. The Kier molecular flexibility index (Phi) is 5.12. The van der Waals surface area contributed by atoms with Crippen LogP contribution in [0.1, 0.15) is 26.2 Å². The predicted molar refractivity (Wildman–Crippen MR) is 66.3 cm³/mol. The standard InChI is InChI=1S/C12H16ClNO2/c1-2-3-4-8-14(12(15)16)11-7-5-6-10(13)9-11/h5-7,9H,2-4,8H2,1H3,(H,15,16). The molecule has 1 amide bonds. The van der Waals surface area contributed by atoms with E-state index in [0.29, 0.717) is 17.3 Å². The zero-order valence-electron chi connectivity index (χ0n) is 9.32. The van der Waals surface area contributed by atoms with Crippen LogP contribution >= 0.6 is 11.6 Å². The van der Waals surface area contributed by atoms with Gasteiger partial charge < -0.3 is 5.11 Å². The van der Waals surface area contributed by atoms with Gasteiger partial charge >= 0.3 is 6.09 Å². The molecule has 1 aromatic carbocycles. The van der Waals surface area contributed by atoms with Crippen LogP contribution in [-0.2, 0) is 0 Å². The second-order valence-corrected chi connectivity index (χ2v) is 4.06. The molecule has 0 radical (unpaired) electrons. The fourth-order valence-electron chi connectivity index (χ4n) is 1.50. The Bertz CT molecular complexity index is 355. The number of unbranched alkanes of at least 4 members (excludes halogenated alkanes) is 2. The van der Waals surface area contributed by atoms with Crippen molar-refractivity contribution in [3.8, 4) is 0 Å². The average Bonchev–Trinajstić information content (AvgIpc) is 2.24. The summed E-state index contributed by atoms with van der Waals surface area (Å²) in [4.78, 5) is 12.4. The van der Waals surface area contributed by atoms with Gasteiger partial charge in [-0.3, -0.25) is 4.90 Å². The Morgan fingerprint density at radius 2 is 2.19 bits per heavy atom. The molecule has 0 atom stereocenters. The van der Waals surface area contributed by atoms with Gasteiger partial charge in [-0.05, 0) is 24.6 Å². The van der Waals surface area contributed by atoms with Gasteiger partial charge in [-0.1, -0.05) is 37.4 Å². The normalized spacial score (nSPS) is 10.1. The first-order chi connectivity index (χ1) is 7.65. The van der Waals surface area contributed by atoms with E-state index < -0.39 is 6.09 Å². The highest BCUT2D eigenvalue weighted by Gasteiger charge is 2.13. The van der Waals surface area contributed by atoms with Crippen LogP contribution in [0.3, 0.4) is 0 Å². The van der Waals surface area contributed by atoms with Crippen LogP contribution in [0.2, 0.25) is 5.02 Å². The highest BCUT2D eigenvalue weighted by Crippen LogP contribution is 2.20. The van der Waals surface area contributed by atoms with E-state index in [1.54, 1.807) is 24.3 Å². The third kappa shape index (κ3) is 3.74. The van der Waals surface area contributed by atoms with Crippen molar-refractivity contribution in [2.24, 2.45) is 0 Å². The first kappa shape index (κ1) is 12.8. The number of halogens is 1. The third-order valence-electron chi connectivity index (χ3n) is 2.34. The Balaban J connectivity index is 2.73. The van der Waals surface area contributed by atoms with E-state index in [-0.39, 0.29) is 0 Å². The Hall–Kier alpha value is -1.22. The number of benzene rings is 1. The maximum absolute atomic E-state index is 11.1. The van der Waals surface area contributed by atoms with Crippen molar-refractivity contribution in [2.75, 3.05) is 11.4 Å². The fourth-order valence-corrected chi connectivity index (χ4v) is 1.68. The molecule has 4 heteroatoms. The van der Waals surface area contributed by atoms with Crippen LogP contribution in [-0.4, -0.2) is 17.7 Å². The van der Waals surface area contributed by atoms with Crippen LogP contribution in [0, 0.1) is 0 Å². The maximum atomic E-state index is 11.1. The van der Waals surface area contributed by atoms with E-state index in [1.165, 1.54) is 4.90 Å². The van der Waals surface area contributed by atoms with Crippen molar-refractivity contribution in [3.63, 3.8) is 0 Å². The number of carbonyl (C=O) groups is 1. The highest BCUT2D eigenvalue weighted by molar-refractivity contribution is 6.30. The minimum atomic E-state index is -0.932. The average molecular weight is 242 g/mol. The van der Waals surface area contributed by atoms with E-state index in [2.05, 4.69) is 6.92 Å². The van der Waals surface area contributed by atoms with Crippen LogP contribution in [0.4, 0.5) is 10.5 Å². The Labute approximate surface area is 101 Å². The third-order valence-corrected chi connectivity index (χ3v) is 2.57. The lowest BCUT2D eigenvalue weighted by molar-refractivity contribution is 0.201. The van der Waals surface area contributed by atoms with Gasteiger partial charge in [0, 0.05) is 17.3 Å². The summed E-state index contributed by atoms with van der Waals surface area (Å²) in [5.41, 5.74) is 0.635. The van der Waals surface area contributed by atoms with Crippen LogP contribution in [0.25, 0.3) is 0 Å². The number of amides is 1. The van der Waals surface area contributed by atoms with Crippen molar-refractivity contribution in [2.45, 2.75) is 26.2 Å². The first-order valence-electron chi connectivity index (χ1n) is 5.41. The first-order valence-corrected chi connectivity index (χ1v) is 5.79. The number of carboxylic acid groups (broad SMARTS) is 1. The number of hydrogen-bond donors (Lipinski definition) is 1. The number of hydrogen-bond acceptors (Lipinski definition) is 1. The summed E-state index contributed by atoms with van der Waals surface area (Å²) >= 11 is 5.84. The van der Waals surface area contributed by atoms with Crippen LogP contribution in [0.15, 0.2) is 24.3 Å². The number of anilines is 1. The van der Waals surface area contributed by atoms with Gasteiger partial charge in [0.2, 0.25) is 0 Å². The van der Waals surface area contributed by atoms with Gasteiger partial charge in [-0.2, -0.15) is 0 Å². The molecule has 0 saturated carbocycles. The van der Waals surface area contributed by atoms with E-state index in [4.69, 9.17) is 16.7 Å². The van der Waals surface area contributed by atoms with Gasteiger partial charge in [0.05, 0.1) is 0 Å². The molecule has 0 aromatic heterocycles. The van der Waals surface area contributed by atoms with Gasteiger partial charge in [-0.15, -0.1) is 0 Å². The molecule has 1 aromatic rings. The SMILES string of the molecule is CCCCCN(C(=O)O)c1cccc(Cl)c1. The van der Waals surface area contributed by atoms with Gasteiger partial charge in [0.25, 0.3) is 0 Å². The molecule has 1 N–H and O–H groups in total. The van der Waals surface area contributed by atoms with Gasteiger partial charge in [0.15, 0.2) is 0 Å². The smallest absolute Gasteiger partial charge is 0.411 e. The van der Waals surface area contributed by atoms with Crippen molar-refractivity contribution in [3.05, 3.63) is 29.3 Å². The summed E-state index contributed by atoms with van der Waals surface area (Å²) in [6.45, 7) is 2.61. The lowest BCUT2D eigenvalue weighted by Gasteiger charge is -2.19. The quantitative estimate of drug-likeness (QED) is 0.791. The van der Waals surface area contributed by atoms with Crippen LogP contribution in [0.5, 0.6) is 0 Å². The predicted octanol–water partition coefficient (Wildman–Crippen LogP) is 4.01. The van der Waals surface area contributed by atoms with Crippen molar-refractivity contribution in [1.29, 1.82) is 0 Å². The number of nitrogens with zero attached hydrogens (tertiary/aromatic N) is 1. The summed E-state index contributed by atoms with van der Waals surface area (Å²) < 4.78 is 0. The maximum Gasteiger partial charge on any atom is 0.411 e. The minimum absolute atomic E-state index is 0.517. The zero-order chi connectivity index (χ0) is 12.0. The molecule has 0 saturated heterocycles. The van der Waals surface area contributed by atoms with E-state index in [9.17, 15) is 4.79 Å². The van der Waals surface area contributed by atoms with Crippen molar-refractivity contribution >= 4 is 23.4 Å². The molecule has 88 valence electrons. The summed E-state index contributed by atoms with van der Waals surface area (Å²) in [5.74, 6) is 0. The molecule has 0 heterocycles. The molecule has 0 aliphatic carbocycles. The topological polar surface area (TPSA) is 40.5 Å². The summed E-state index contributed by atoms with van der Waals surface area (Å²) in [6, 6.07) is 6.91. The van der Waals surface area contributed by atoms with E-state index in [0.717, 1.165) is 19.3 Å². The molecule has 0 bridgehead atoms. The molecule has 0 spiro atoms. The Morgan fingerprint density at radius 3 is 2.75 bits per heavy atom. The van der Waals surface area contributed by atoms with Gasteiger partial charge in [-0.25, -0.2) is 4.79 Å². The molecular formula is C12H16ClNO2. The summed E-state index contributed by atoms with van der Waals surface area (Å²) in [7, 11) is 0. The fraction of sp³-hybridized carbons (Fsp3) is 0.417. The lowest BCUT2D eigenvalue weighted by atomic mass is 10.2. The molecule has 0 aliphatic heterocycles. The van der Waals surface area contributed by atoms with E-state index >= 15 is 0 Å². The van der Waals surface area contributed by atoms with Gasteiger partial charge in [0.1, 0.15) is 0 Å². The second kappa shape index (κ2) is 6.38. The van der Waals surface area contributed by atoms with Crippen LogP contribution < -0.4 is 4.90 Å². The minimum Gasteiger partial charge on any atom is -0.465 e. The Morgan fingerprint density at radius 1 is 1.44 bits per heavy atom. The molecule has 16 heavy (non-hydrogen) atoms. The molecule has 0 aliphatic rings. The molecule has 0 unspecified atom stereocenters. The second-order valence-electron chi connectivity index (χ2n) is 3.62. The monoisotopic (exact) mass is 241 g/mol. The number of rotatable bonds is 5. The van der Waals surface area contributed by atoms with Crippen molar-refractivity contribution < 1.29 is 9.90 Å². The lowest BCUT2D eigenvalue weighted by Crippen LogP contribution is -2.30. The highest BCUT2D eigenvalue weighted by atomic mass is 35.5. The summed E-state index contributed by atoms with van der Waals surface area (Å²) in [5, 5.41) is 9.65. The zero-order valence-corrected chi connectivity index (χ0v) is 10.1. The summed E-state index contributed by atoms with van der Waals surface area (Å²) in [6.07, 6.45) is 2.04. The van der Waals surface area contributed by atoms with E-state index in [1.807, 2.05) is 0 Å². The van der Waals surface area contributed by atoms with Crippen molar-refractivity contribution in [1.82, 2.24) is 0 Å².